The van der Waals surface area contributed by atoms with Gasteiger partial charge >= 0.3 is 0 Å². The van der Waals surface area contributed by atoms with E-state index in [1.807, 2.05) is 47.4 Å². The topological polar surface area (TPSA) is 62.3 Å². The van der Waals surface area contributed by atoms with Gasteiger partial charge in [-0.3, -0.25) is 14.6 Å². The highest BCUT2D eigenvalue weighted by Gasteiger charge is 2.27. The molecule has 2 aromatic rings. The maximum absolute atomic E-state index is 12.8. The molecule has 1 unspecified atom stereocenters. The highest BCUT2D eigenvalue weighted by atomic mass is 16.2. The molecule has 0 radical (unpaired) electrons. The standard InChI is InChI=1S/C21H23N3O2/c25-20(11-10-18-9-6-12-22-16-18)23-19(15-17-7-2-1-3-8-17)21(26)24-13-4-5-14-24/h1-3,6-12,16,19H,4-5,13-15H2,(H,23,25). The van der Waals surface area contributed by atoms with Crippen molar-refractivity contribution in [3.05, 3.63) is 72.1 Å². The van der Waals surface area contributed by atoms with E-state index in [0.29, 0.717) is 6.42 Å². The molecule has 26 heavy (non-hydrogen) atoms. The van der Waals surface area contributed by atoms with Crippen molar-refractivity contribution in [3.8, 4) is 0 Å². The summed E-state index contributed by atoms with van der Waals surface area (Å²) < 4.78 is 0. The minimum atomic E-state index is -0.554. The Bertz CT molecular complexity index is 753. The maximum Gasteiger partial charge on any atom is 0.245 e. The summed E-state index contributed by atoms with van der Waals surface area (Å²) in [4.78, 5) is 31.0. The van der Waals surface area contributed by atoms with E-state index < -0.39 is 6.04 Å². The predicted molar refractivity (Wildman–Crippen MR) is 101 cm³/mol. The third kappa shape index (κ3) is 5.02. The van der Waals surface area contributed by atoms with Crippen molar-refractivity contribution < 1.29 is 9.59 Å². The number of aromatic nitrogens is 1. The van der Waals surface area contributed by atoms with E-state index in [0.717, 1.165) is 37.1 Å². The monoisotopic (exact) mass is 349 g/mol. The molecule has 1 aromatic heterocycles. The number of hydrogen-bond acceptors (Lipinski definition) is 3. The molecule has 0 aliphatic carbocycles. The van der Waals surface area contributed by atoms with Crippen LogP contribution in [0.2, 0.25) is 0 Å². The fourth-order valence-corrected chi connectivity index (χ4v) is 3.07. The van der Waals surface area contributed by atoms with Crippen molar-refractivity contribution >= 4 is 17.9 Å². The summed E-state index contributed by atoms with van der Waals surface area (Å²) >= 11 is 0. The summed E-state index contributed by atoms with van der Waals surface area (Å²) in [6.07, 6.45) is 9.05. The van der Waals surface area contributed by atoms with Gasteiger partial charge in [-0.1, -0.05) is 36.4 Å². The average molecular weight is 349 g/mol. The summed E-state index contributed by atoms with van der Waals surface area (Å²) in [5, 5.41) is 2.88. The van der Waals surface area contributed by atoms with Gasteiger partial charge in [0.05, 0.1) is 0 Å². The first-order chi connectivity index (χ1) is 12.7. The van der Waals surface area contributed by atoms with Crippen LogP contribution in [-0.4, -0.2) is 40.8 Å². The van der Waals surface area contributed by atoms with Gasteiger partial charge in [0.25, 0.3) is 0 Å². The van der Waals surface area contributed by atoms with Gasteiger partial charge in [0.1, 0.15) is 6.04 Å². The van der Waals surface area contributed by atoms with E-state index in [4.69, 9.17) is 0 Å². The maximum atomic E-state index is 12.8. The Morgan fingerprint density at radius 1 is 1.12 bits per heavy atom. The van der Waals surface area contributed by atoms with Crippen molar-refractivity contribution in [2.75, 3.05) is 13.1 Å². The molecule has 0 spiro atoms. The molecule has 3 rings (SSSR count). The number of carbonyl (C=O) groups excluding carboxylic acids is 2. The average Bonchev–Trinajstić information content (AvgIpc) is 3.22. The molecule has 5 heteroatoms. The lowest BCUT2D eigenvalue weighted by Gasteiger charge is -2.23. The Morgan fingerprint density at radius 3 is 2.58 bits per heavy atom. The molecule has 1 aliphatic rings. The quantitative estimate of drug-likeness (QED) is 0.815. The molecule has 1 aliphatic heterocycles. The number of rotatable bonds is 6. The fraction of sp³-hybridized carbons (Fsp3) is 0.286. The Kier molecular flexibility index (Phi) is 6.14. The van der Waals surface area contributed by atoms with Crippen LogP contribution in [0.3, 0.4) is 0 Å². The second-order valence-corrected chi connectivity index (χ2v) is 6.40. The first-order valence-electron chi connectivity index (χ1n) is 8.94. The second-order valence-electron chi connectivity index (χ2n) is 6.40. The van der Waals surface area contributed by atoms with Crippen LogP contribution in [0.15, 0.2) is 60.9 Å². The first-order valence-corrected chi connectivity index (χ1v) is 8.94. The van der Waals surface area contributed by atoms with Crippen LogP contribution < -0.4 is 5.32 Å². The highest BCUT2D eigenvalue weighted by Crippen LogP contribution is 2.12. The lowest BCUT2D eigenvalue weighted by atomic mass is 10.0. The van der Waals surface area contributed by atoms with E-state index in [-0.39, 0.29) is 11.8 Å². The SMILES string of the molecule is O=C(C=Cc1cccnc1)NC(Cc1ccccc1)C(=O)N1CCCC1. The summed E-state index contributed by atoms with van der Waals surface area (Å²) in [5.41, 5.74) is 1.87. The van der Waals surface area contributed by atoms with Gasteiger partial charge in [0, 0.05) is 38.0 Å². The normalized spacial score (nSPS) is 15.2. The number of nitrogens with one attached hydrogen (secondary N) is 1. The third-order valence-corrected chi connectivity index (χ3v) is 4.43. The van der Waals surface area contributed by atoms with Crippen molar-refractivity contribution in [1.82, 2.24) is 15.2 Å². The zero-order chi connectivity index (χ0) is 18.2. The molecule has 1 fully saturated rings. The molecule has 5 nitrogen and oxygen atoms in total. The molecule has 134 valence electrons. The first kappa shape index (κ1) is 17.9. The molecule has 0 saturated carbocycles. The lowest BCUT2D eigenvalue weighted by Crippen LogP contribution is -2.48. The van der Waals surface area contributed by atoms with Crippen molar-refractivity contribution in [2.24, 2.45) is 0 Å². The van der Waals surface area contributed by atoms with E-state index >= 15 is 0 Å². The summed E-state index contributed by atoms with van der Waals surface area (Å²) in [6.45, 7) is 1.54. The molecule has 1 N–H and O–H groups in total. The van der Waals surface area contributed by atoms with E-state index in [1.54, 1.807) is 18.5 Å². The summed E-state index contributed by atoms with van der Waals surface area (Å²) in [7, 11) is 0. The summed E-state index contributed by atoms with van der Waals surface area (Å²) in [6, 6.07) is 12.9. The van der Waals surface area contributed by atoms with Crippen LogP contribution in [0.1, 0.15) is 24.0 Å². The number of carbonyl (C=O) groups is 2. The Hall–Kier alpha value is -2.95. The largest absolute Gasteiger partial charge is 0.341 e. The van der Waals surface area contributed by atoms with Gasteiger partial charge in [0.2, 0.25) is 11.8 Å². The Morgan fingerprint density at radius 2 is 1.88 bits per heavy atom. The van der Waals surface area contributed by atoms with Gasteiger partial charge in [-0.25, -0.2) is 0 Å². The smallest absolute Gasteiger partial charge is 0.245 e. The van der Waals surface area contributed by atoms with Crippen molar-refractivity contribution in [2.45, 2.75) is 25.3 Å². The van der Waals surface area contributed by atoms with Gasteiger partial charge in [-0.2, -0.15) is 0 Å². The zero-order valence-corrected chi connectivity index (χ0v) is 14.7. The molecule has 2 amide bonds. The summed E-state index contributed by atoms with van der Waals surface area (Å²) in [5.74, 6) is -0.281. The minimum Gasteiger partial charge on any atom is -0.341 e. The number of nitrogens with zero attached hydrogens (tertiary/aromatic N) is 2. The number of likely N-dealkylation sites (tertiary alicyclic amines) is 1. The van der Waals surface area contributed by atoms with E-state index in [9.17, 15) is 9.59 Å². The number of pyridine rings is 1. The molecule has 2 heterocycles. The molecule has 1 aromatic carbocycles. The van der Waals surface area contributed by atoms with Crippen LogP contribution in [-0.2, 0) is 16.0 Å². The third-order valence-electron chi connectivity index (χ3n) is 4.43. The van der Waals surface area contributed by atoms with Crippen LogP contribution in [0.25, 0.3) is 6.08 Å². The van der Waals surface area contributed by atoms with E-state index in [2.05, 4.69) is 10.3 Å². The lowest BCUT2D eigenvalue weighted by molar-refractivity contribution is -0.134. The second kappa shape index (κ2) is 8.94. The Labute approximate surface area is 153 Å². The number of benzene rings is 1. The van der Waals surface area contributed by atoms with Crippen LogP contribution in [0.5, 0.6) is 0 Å². The molecular formula is C21H23N3O2. The zero-order valence-electron chi connectivity index (χ0n) is 14.7. The molecule has 1 atom stereocenters. The van der Waals surface area contributed by atoms with Crippen LogP contribution in [0.4, 0.5) is 0 Å². The fourth-order valence-electron chi connectivity index (χ4n) is 3.07. The van der Waals surface area contributed by atoms with Crippen LogP contribution in [0, 0.1) is 0 Å². The Balaban J connectivity index is 1.68. The molecule has 1 saturated heterocycles. The van der Waals surface area contributed by atoms with Gasteiger partial charge in [0.15, 0.2) is 0 Å². The minimum absolute atomic E-state index is 0.00511. The van der Waals surface area contributed by atoms with Crippen LogP contribution >= 0.6 is 0 Å². The number of amides is 2. The van der Waals surface area contributed by atoms with Gasteiger partial charge in [-0.15, -0.1) is 0 Å². The highest BCUT2D eigenvalue weighted by molar-refractivity contribution is 5.95. The van der Waals surface area contributed by atoms with Crippen molar-refractivity contribution in [3.63, 3.8) is 0 Å². The van der Waals surface area contributed by atoms with Crippen molar-refractivity contribution in [1.29, 1.82) is 0 Å². The van der Waals surface area contributed by atoms with E-state index in [1.165, 1.54) is 6.08 Å². The molecular weight excluding hydrogens is 326 g/mol. The van der Waals surface area contributed by atoms with Gasteiger partial charge in [-0.05, 0) is 36.1 Å². The predicted octanol–water partition coefficient (Wildman–Crippen LogP) is 2.44. The van der Waals surface area contributed by atoms with Gasteiger partial charge < -0.3 is 10.2 Å². The molecule has 0 bridgehead atoms. The number of hydrogen-bond donors (Lipinski definition) is 1.